The number of thiophene rings is 1. The van der Waals surface area contributed by atoms with Crippen molar-refractivity contribution in [2.45, 2.75) is 47.2 Å². The number of nitrogen functional groups attached to an aromatic ring is 1. The van der Waals surface area contributed by atoms with Crippen molar-refractivity contribution in [3.8, 4) is 34.8 Å². The van der Waals surface area contributed by atoms with E-state index in [9.17, 15) is 13.2 Å². The minimum Gasteiger partial charge on any atom is -0.398 e. The highest BCUT2D eigenvalue weighted by atomic mass is 79.9. The van der Waals surface area contributed by atoms with Gasteiger partial charge in [-0.25, -0.2) is 0 Å². The number of pyridine rings is 1. The zero-order valence-electron chi connectivity index (χ0n) is 32.6. The minimum atomic E-state index is -4.33. The normalized spacial score (nSPS) is 10.3. The number of aryl methyl sites for hydroxylation is 5. The molecule has 7 aromatic rings. The maximum atomic E-state index is 11.9. The van der Waals surface area contributed by atoms with Gasteiger partial charge in [0.1, 0.15) is 5.69 Å². The summed E-state index contributed by atoms with van der Waals surface area (Å²) < 4.78 is 36.8. The third-order valence-electron chi connectivity index (χ3n) is 8.28. The molecule has 57 heavy (non-hydrogen) atoms. The summed E-state index contributed by atoms with van der Waals surface area (Å²) in [5.74, 6) is 11.6. The molecule has 1 aliphatic rings. The van der Waals surface area contributed by atoms with Crippen LogP contribution >= 0.6 is 27.3 Å². The maximum absolute atomic E-state index is 11.9. The zero-order valence-corrected chi connectivity index (χ0v) is 35.0. The van der Waals surface area contributed by atoms with Gasteiger partial charge in [0.2, 0.25) is 0 Å². The molecule has 2 N–H and O–H groups in total. The third-order valence-corrected chi connectivity index (χ3v) is 9.82. The number of fused-ring (bicyclic) bond motifs is 3. The summed E-state index contributed by atoms with van der Waals surface area (Å²) >= 11 is 5.11. The standard InChI is InChI=1S/C17H13N.C14H12.C7H6F3N.C7H8.C5H5BrS/c1-14-10-12-15(13-11-14)6-2-3-7-16-8-4-5-9-17(16)18;1-10-6-7-14-12(8-10)9-11-4-2-3-5-13(11)14;1-5-2-3-6(11-4-5)7(8,9)10;1-7-5-3-2-4-6-7;1-4-2-3-5(6)7-4/h4-5,8-13H,18H2,1H3;2-8H,9H2,1H3;2-4H,1H3;2-6H,1H3;2-3H,1H3. The Kier molecular flexibility index (Phi) is 16.9. The smallest absolute Gasteiger partial charge is 0.398 e. The van der Waals surface area contributed by atoms with Crippen molar-refractivity contribution in [2.75, 3.05) is 5.73 Å². The Morgan fingerprint density at radius 3 is 1.77 bits per heavy atom. The molecule has 0 saturated heterocycles. The van der Waals surface area contributed by atoms with E-state index in [-0.39, 0.29) is 0 Å². The average Bonchev–Trinajstić information content (AvgIpc) is 3.76. The summed E-state index contributed by atoms with van der Waals surface area (Å²) in [6, 6.07) is 47.7. The number of para-hydroxylation sites is 1. The third kappa shape index (κ3) is 15.3. The molecule has 0 aliphatic heterocycles. The summed E-state index contributed by atoms with van der Waals surface area (Å²) in [6.45, 7) is 10.1. The molecule has 0 unspecified atom stereocenters. The fourth-order valence-electron chi connectivity index (χ4n) is 5.30. The van der Waals surface area contributed by atoms with E-state index in [1.165, 1.54) is 59.9 Å². The van der Waals surface area contributed by atoms with Crippen LogP contribution in [-0.2, 0) is 12.6 Å². The Hall–Kier alpha value is -5.86. The quantitative estimate of drug-likeness (QED) is 0.122. The molecule has 0 fully saturated rings. The van der Waals surface area contributed by atoms with Crippen LogP contribution in [0.2, 0.25) is 0 Å². The molecule has 0 amide bonds. The van der Waals surface area contributed by atoms with E-state index in [1.54, 1.807) is 18.3 Å². The van der Waals surface area contributed by atoms with Crippen LogP contribution < -0.4 is 5.73 Å². The highest BCUT2D eigenvalue weighted by molar-refractivity contribution is 9.11. The Morgan fingerprint density at radius 2 is 1.19 bits per heavy atom. The van der Waals surface area contributed by atoms with E-state index in [4.69, 9.17) is 5.73 Å². The van der Waals surface area contributed by atoms with Crippen molar-refractivity contribution in [3.63, 3.8) is 0 Å². The van der Waals surface area contributed by atoms with Gasteiger partial charge in [-0.3, -0.25) is 4.98 Å². The highest BCUT2D eigenvalue weighted by Crippen LogP contribution is 2.36. The average molecular weight is 842 g/mol. The largest absolute Gasteiger partial charge is 0.433 e. The Morgan fingerprint density at radius 1 is 0.596 bits per heavy atom. The monoisotopic (exact) mass is 840 g/mol. The van der Waals surface area contributed by atoms with E-state index in [2.05, 4.69) is 139 Å². The van der Waals surface area contributed by atoms with Crippen LogP contribution in [0, 0.1) is 58.3 Å². The first-order chi connectivity index (χ1) is 27.3. The molecular weight excluding hydrogens is 798 g/mol. The van der Waals surface area contributed by atoms with Crippen LogP contribution in [0.25, 0.3) is 11.1 Å². The second-order valence-electron chi connectivity index (χ2n) is 13.2. The Bertz CT molecular complexity index is 2430. The molecular formula is C50H44BrF3N2S. The fraction of sp³-hybridized carbons (Fsp3) is 0.140. The first kappa shape index (κ1) is 43.9. The number of nitrogens with zero attached hydrogens (tertiary/aromatic N) is 1. The number of benzene rings is 5. The molecule has 0 saturated carbocycles. The predicted octanol–water partition coefficient (Wildman–Crippen LogP) is 13.8. The molecule has 1 aliphatic carbocycles. The first-order valence-electron chi connectivity index (χ1n) is 18.1. The summed E-state index contributed by atoms with van der Waals surface area (Å²) in [5, 5.41) is 0. The molecule has 2 nitrogen and oxygen atoms in total. The maximum Gasteiger partial charge on any atom is 0.433 e. The number of anilines is 1. The van der Waals surface area contributed by atoms with Gasteiger partial charge in [0, 0.05) is 27.9 Å². The van der Waals surface area contributed by atoms with Crippen LogP contribution in [0.1, 0.15) is 55.1 Å². The van der Waals surface area contributed by atoms with Crippen LogP contribution in [-0.4, -0.2) is 4.98 Å². The molecule has 0 atom stereocenters. The number of alkyl halides is 3. The van der Waals surface area contributed by atoms with Crippen molar-refractivity contribution in [2.24, 2.45) is 0 Å². The van der Waals surface area contributed by atoms with E-state index in [1.807, 2.05) is 66.7 Å². The molecule has 288 valence electrons. The second kappa shape index (κ2) is 22.0. The lowest BCUT2D eigenvalue weighted by molar-refractivity contribution is -0.141. The van der Waals surface area contributed by atoms with Crippen molar-refractivity contribution >= 4 is 33.0 Å². The summed E-state index contributed by atoms with van der Waals surface area (Å²) in [5.41, 5.74) is 17.8. The lowest BCUT2D eigenvalue weighted by atomic mass is 10.0. The molecule has 0 bridgehead atoms. The van der Waals surface area contributed by atoms with Crippen LogP contribution in [0.15, 0.2) is 156 Å². The predicted molar refractivity (Wildman–Crippen MR) is 237 cm³/mol. The van der Waals surface area contributed by atoms with Gasteiger partial charge < -0.3 is 5.73 Å². The number of aromatic nitrogens is 1. The van der Waals surface area contributed by atoms with Gasteiger partial charge in [-0.2, -0.15) is 13.2 Å². The van der Waals surface area contributed by atoms with E-state index in [0.717, 1.165) is 29.2 Å². The molecule has 2 aromatic heterocycles. The van der Waals surface area contributed by atoms with Gasteiger partial charge in [0.25, 0.3) is 0 Å². The number of nitrogens with two attached hydrogens (primary N) is 1. The lowest BCUT2D eigenvalue weighted by Gasteiger charge is -2.03. The molecule has 0 spiro atoms. The zero-order chi connectivity index (χ0) is 41.2. The van der Waals surface area contributed by atoms with Gasteiger partial charge in [-0.05, 0) is 139 Å². The Labute approximate surface area is 347 Å². The minimum absolute atomic E-state index is 0.683. The van der Waals surface area contributed by atoms with Gasteiger partial charge in [-0.15, -0.1) is 11.3 Å². The molecule has 2 heterocycles. The molecule has 7 heteroatoms. The number of halogens is 4. The second-order valence-corrected chi connectivity index (χ2v) is 15.8. The van der Waals surface area contributed by atoms with Gasteiger partial charge >= 0.3 is 6.18 Å². The van der Waals surface area contributed by atoms with Crippen molar-refractivity contribution in [1.82, 2.24) is 4.98 Å². The van der Waals surface area contributed by atoms with E-state index < -0.39 is 11.9 Å². The van der Waals surface area contributed by atoms with Crippen molar-refractivity contribution in [1.29, 1.82) is 0 Å². The van der Waals surface area contributed by atoms with Gasteiger partial charge in [0.15, 0.2) is 0 Å². The van der Waals surface area contributed by atoms with E-state index in [0.29, 0.717) is 5.69 Å². The summed E-state index contributed by atoms with van der Waals surface area (Å²) in [4.78, 5) is 4.58. The van der Waals surface area contributed by atoms with Crippen LogP contribution in [0.5, 0.6) is 0 Å². The molecule has 5 aromatic carbocycles. The Balaban J connectivity index is 0.000000165. The highest BCUT2D eigenvalue weighted by Gasteiger charge is 2.31. The topological polar surface area (TPSA) is 38.9 Å². The van der Waals surface area contributed by atoms with Crippen molar-refractivity contribution < 1.29 is 13.2 Å². The molecule has 0 radical (unpaired) electrons. The van der Waals surface area contributed by atoms with E-state index >= 15 is 0 Å². The number of hydrogen-bond donors (Lipinski definition) is 1. The SMILES string of the molecule is Cc1ccc(Br)s1.Cc1ccc(C#CC#Cc2ccccc2N)cc1.Cc1ccc(C(F)(F)F)nc1.Cc1ccc2c(c1)Cc1ccccc1-2.Cc1ccccc1. The number of rotatable bonds is 0. The van der Waals surface area contributed by atoms with Crippen LogP contribution in [0.4, 0.5) is 18.9 Å². The van der Waals surface area contributed by atoms with Crippen molar-refractivity contribution in [3.05, 3.63) is 211 Å². The summed E-state index contributed by atoms with van der Waals surface area (Å²) in [7, 11) is 0. The fourth-order valence-corrected chi connectivity index (χ4v) is 6.78. The number of hydrogen-bond acceptors (Lipinski definition) is 3. The first-order valence-corrected chi connectivity index (χ1v) is 19.7. The van der Waals surface area contributed by atoms with Crippen LogP contribution in [0.3, 0.4) is 0 Å². The van der Waals surface area contributed by atoms with Gasteiger partial charge in [0.05, 0.1) is 3.79 Å². The van der Waals surface area contributed by atoms with Gasteiger partial charge in [-0.1, -0.05) is 132 Å². The lowest BCUT2D eigenvalue weighted by Crippen LogP contribution is -2.07. The molecule has 8 rings (SSSR count). The summed E-state index contributed by atoms with van der Waals surface area (Å²) in [6.07, 6.45) is -2.02.